The van der Waals surface area contributed by atoms with Gasteiger partial charge in [-0.1, -0.05) is 6.58 Å². The minimum atomic E-state index is -1.55. The number of ether oxygens (including phenoxy) is 2. The molecule has 1 atom stereocenters. The molecule has 0 spiro atoms. The van der Waals surface area contributed by atoms with Crippen molar-refractivity contribution in [3.63, 3.8) is 0 Å². The summed E-state index contributed by atoms with van der Waals surface area (Å²) in [7, 11) is 0. The molecule has 74 valence electrons. The molecule has 0 aliphatic rings. The molecule has 0 fully saturated rings. The van der Waals surface area contributed by atoms with Crippen molar-refractivity contribution in [2.45, 2.75) is 20.1 Å². The van der Waals surface area contributed by atoms with E-state index in [0.717, 1.165) is 0 Å². The third-order valence-electron chi connectivity index (χ3n) is 1.08. The largest absolute Gasteiger partial charge is 0.477 e. The Hall–Kier alpha value is -1.36. The van der Waals surface area contributed by atoms with Gasteiger partial charge in [-0.05, 0) is 13.8 Å². The number of hydrogen-bond acceptors (Lipinski definition) is 4. The molecule has 0 aliphatic carbocycles. The van der Waals surface area contributed by atoms with Crippen LogP contribution in [0.3, 0.4) is 0 Å². The van der Waals surface area contributed by atoms with Gasteiger partial charge in [-0.3, -0.25) is 0 Å². The van der Waals surface area contributed by atoms with Gasteiger partial charge in [0.25, 0.3) is 0 Å². The van der Waals surface area contributed by atoms with Gasteiger partial charge in [-0.15, -0.1) is 0 Å². The summed E-state index contributed by atoms with van der Waals surface area (Å²) in [6.45, 7) is 6.48. The van der Waals surface area contributed by atoms with Crippen LogP contribution in [0.4, 0.5) is 0 Å². The molecule has 0 heterocycles. The number of hydrogen-bond donors (Lipinski definition) is 1. The Morgan fingerprint density at radius 3 is 2.38 bits per heavy atom. The molecule has 0 rings (SSSR count). The highest BCUT2D eigenvalue weighted by molar-refractivity contribution is 5.88. The van der Waals surface area contributed by atoms with Crippen LogP contribution in [-0.2, 0) is 19.1 Å². The molecule has 1 unspecified atom stereocenters. The monoisotopic (exact) mass is 188 g/mol. The number of carbonyl (C=O) groups excluding carboxylic acids is 1. The highest BCUT2D eigenvalue weighted by Gasteiger charge is 2.22. The molecule has 5 heteroatoms. The molecule has 0 aromatic rings. The molecule has 0 bridgehead atoms. The Kier molecular flexibility index (Phi) is 4.76. The van der Waals surface area contributed by atoms with Crippen molar-refractivity contribution in [2.24, 2.45) is 0 Å². The van der Waals surface area contributed by atoms with Crippen molar-refractivity contribution in [1.82, 2.24) is 0 Å². The van der Waals surface area contributed by atoms with Crippen molar-refractivity contribution in [3.05, 3.63) is 12.2 Å². The van der Waals surface area contributed by atoms with E-state index in [-0.39, 0.29) is 12.2 Å². The van der Waals surface area contributed by atoms with Crippen LogP contribution in [0.5, 0.6) is 0 Å². The maximum atomic E-state index is 10.9. The van der Waals surface area contributed by atoms with Crippen molar-refractivity contribution in [3.8, 4) is 0 Å². The maximum Gasteiger partial charge on any atom is 0.374 e. The van der Waals surface area contributed by atoms with E-state index in [1.807, 2.05) is 0 Å². The standard InChI is InChI=1S/C8H12O5/c1-4-12-8(6(9)10)13-7(11)5(2)3/h8H,2,4H2,1,3H3,(H,9,10). The summed E-state index contributed by atoms with van der Waals surface area (Å²) in [5.74, 6) is -2.11. The van der Waals surface area contributed by atoms with E-state index >= 15 is 0 Å². The molecule has 0 amide bonds. The number of rotatable bonds is 5. The summed E-state index contributed by atoms with van der Waals surface area (Å²) in [5, 5.41) is 8.50. The highest BCUT2D eigenvalue weighted by Crippen LogP contribution is 2.00. The van der Waals surface area contributed by atoms with Crippen LogP contribution in [0.25, 0.3) is 0 Å². The van der Waals surface area contributed by atoms with Gasteiger partial charge in [0, 0.05) is 12.2 Å². The van der Waals surface area contributed by atoms with Crippen LogP contribution in [0.1, 0.15) is 13.8 Å². The van der Waals surface area contributed by atoms with E-state index in [1.165, 1.54) is 6.92 Å². The van der Waals surface area contributed by atoms with Crippen LogP contribution in [0.15, 0.2) is 12.2 Å². The molecule has 1 N–H and O–H groups in total. The topological polar surface area (TPSA) is 72.8 Å². The fourth-order valence-corrected chi connectivity index (χ4v) is 0.505. The minimum Gasteiger partial charge on any atom is -0.477 e. The second-order valence-corrected chi connectivity index (χ2v) is 2.31. The van der Waals surface area contributed by atoms with Gasteiger partial charge in [0.05, 0.1) is 0 Å². The Morgan fingerprint density at radius 2 is 2.08 bits per heavy atom. The first-order valence-electron chi connectivity index (χ1n) is 3.70. The number of aliphatic carboxylic acids is 1. The first kappa shape index (κ1) is 11.6. The van der Waals surface area contributed by atoms with E-state index in [2.05, 4.69) is 16.1 Å². The van der Waals surface area contributed by atoms with Crippen molar-refractivity contribution < 1.29 is 24.2 Å². The van der Waals surface area contributed by atoms with E-state index in [4.69, 9.17) is 5.11 Å². The summed E-state index contributed by atoms with van der Waals surface area (Å²) in [4.78, 5) is 21.3. The van der Waals surface area contributed by atoms with Gasteiger partial charge in [0.2, 0.25) is 0 Å². The zero-order valence-corrected chi connectivity index (χ0v) is 7.57. The Labute approximate surface area is 75.9 Å². The molecule has 0 aliphatic heterocycles. The van der Waals surface area contributed by atoms with Gasteiger partial charge < -0.3 is 14.6 Å². The zero-order valence-electron chi connectivity index (χ0n) is 7.57. The number of esters is 1. The van der Waals surface area contributed by atoms with Gasteiger partial charge in [0.1, 0.15) is 0 Å². The molecular weight excluding hydrogens is 176 g/mol. The number of carboxylic acid groups (broad SMARTS) is 1. The molecule has 13 heavy (non-hydrogen) atoms. The molecule has 0 aromatic carbocycles. The summed E-state index contributed by atoms with van der Waals surface area (Å²) in [5.41, 5.74) is 0.131. The van der Waals surface area contributed by atoms with Crippen LogP contribution in [0.2, 0.25) is 0 Å². The van der Waals surface area contributed by atoms with E-state index < -0.39 is 18.2 Å². The maximum absolute atomic E-state index is 10.9. The van der Waals surface area contributed by atoms with Crippen molar-refractivity contribution in [2.75, 3.05) is 6.61 Å². The zero-order chi connectivity index (χ0) is 10.4. The average molecular weight is 188 g/mol. The Bertz CT molecular complexity index is 221. The van der Waals surface area contributed by atoms with Crippen LogP contribution < -0.4 is 0 Å². The van der Waals surface area contributed by atoms with Crippen LogP contribution in [-0.4, -0.2) is 29.9 Å². The Morgan fingerprint density at radius 1 is 1.54 bits per heavy atom. The van der Waals surface area contributed by atoms with Crippen molar-refractivity contribution >= 4 is 11.9 Å². The lowest BCUT2D eigenvalue weighted by molar-refractivity contribution is -0.193. The first-order chi connectivity index (χ1) is 5.99. The Balaban J connectivity index is 4.17. The lowest BCUT2D eigenvalue weighted by Gasteiger charge is -2.12. The first-order valence-corrected chi connectivity index (χ1v) is 3.70. The fraction of sp³-hybridized carbons (Fsp3) is 0.500. The van der Waals surface area contributed by atoms with E-state index in [9.17, 15) is 9.59 Å². The quantitative estimate of drug-likeness (QED) is 0.387. The van der Waals surface area contributed by atoms with Crippen LogP contribution in [0, 0.1) is 0 Å². The fourth-order valence-electron chi connectivity index (χ4n) is 0.505. The molecule has 0 radical (unpaired) electrons. The highest BCUT2D eigenvalue weighted by atomic mass is 16.7. The number of carboxylic acids is 1. The smallest absolute Gasteiger partial charge is 0.374 e. The summed E-state index contributed by atoms with van der Waals surface area (Å²) in [6.07, 6.45) is -1.55. The summed E-state index contributed by atoms with van der Waals surface area (Å²) in [6, 6.07) is 0. The van der Waals surface area contributed by atoms with Gasteiger partial charge in [0.15, 0.2) is 0 Å². The predicted molar refractivity (Wildman–Crippen MR) is 44.0 cm³/mol. The summed E-state index contributed by atoms with van der Waals surface area (Å²) < 4.78 is 9.09. The molecule has 0 saturated carbocycles. The third kappa shape index (κ3) is 4.27. The molecule has 0 aromatic heterocycles. The van der Waals surface area contributed by atoms with E-state index in [1.54, 1.807) is 6.92 Å². The number of carbonyl (C=O) groups is 2. The van der Waals surface area contributed by atoms with Crippen LogP contribution >= 0.6 is 0 Å². The lowest BCUT2D eigenvalue weighted by atomic mass is 10.4. The lowest BCUT2D eigenvalue weighted by Crippen LogP contribution is -2.30. The minimum absolute atomic E-state index is 0.131. The van der Waals surface area contributed by atoms with Gasteiger partial charge in [-0.2, -0.15) is 0 Å². The van der Waals surface area contributed by atoms with Gasteiger partial charge >= 0.3 is 18.2 Å². The van der Waals surface area contributed by atoms with Crippen molar-refractivity contribution in [1.29, 1.82) is 0 Å². The van der Waals surface area contributed by atoms with Gasteiger partial charge in [-0.25, -0.2) is 9.59 Å². The van der Waals surface area contributed by atoms with E-state index in [0.29, 0.717) is 0 Å². The molecule has 0 saturated heterocycles. The average Bonchev–Trinajstić information content (AvgIpc) is 2.03. The third-order valence-corrected chi connectivity index (χ3v) is 1.08. The molecular formula is C8H12O5. The molecule has 5 nitrogen and oxygen atoms in total. The predicted octanol–water partition coefficient (Wildman–Crippen LogP) is 0.553. The second kappa shape index (κ2) is 5.31. The normalized spacial score (nSPS) is 11.8. The summed E-state index contributed by atoms with van der Waals surface area (Å²) >= 11 is 0. The SMILES string of the molecule is C=C(C)C(=O)OC(OCC)C(=O)O. The second-order valence-electron chi connectivity index (χ2n) is 2.31.